The van der Waals surface area contributed by atoms with Crippen LogP contribution in [0, 0.1) is 6.92 Å². The van der Waals surface area contributed by atoms with Crippen LogP contribution >= 0.6 is 0 Å². The van der Waals surface area contributed by atoms with E-state index in [0.29, 0.717) is 18.7 Å². The zero-order chi connectivity index (χ0) is 20.0. The summed E-state index contributed by atoms with van der Waals surface area (Å²) in [7, 11) is 1.80. The second kappa shape index (κ2) is 6.73. The molecule has 1 amide bonds. The van der Waals surface area contributed by atoms with Gasteiger partial charge >= 0.3 is 0 Å². The zero-order valence-electron chi connectivity index (χ0n) is 16.2. The van der Waals surface area contributed by atoms with Gasteiger partial charge in [-0.3, -0.25) is 14.5 Å². The lowest BCUT2D eigenvalue weighted by molar-refractivity contribution is 0.0174. The lowest BCUT2D eigenvalue weighted by Gasteiger charge is -2.39. The van der Waals surface area contributed by atoms with E-state index in [9.17, 15) is 4.79 Å². The van der Waals surface area contributed by atoms with Gasteiger partial charge in [0.2, 0.25) is 0 Å². The highest BCUT2D eigenvalue weighted by atomic mass is 16.5. The standard InChI is InChI=1S/C21H20N6O2/c1-14-19(15-3-4-17-6-23-13-27(17)10-15)7-22-8-20(14)29-18-11-26(12-18)21(28)16-5-24-25(2)9-16/h3-10,13,18H,11-12H2,1-2H3. The number of rotatable bonds is 4. The van der Waals surface area contributed by atoms with Crippen LogP contribution in [0.5, 0.6) is 5.75 Å². The van der Waals surface area contributed by atoms with Crippen LogP contribution in [0.25, 0.3) is 16.6 Å². The first-order valence-corrected chi connectivity index (χ1v) is 9.40. The molecule has 5 rings (SSSR count). The third-order valence-corrected chi connectivity index (χ3v) is 5.27. The van der Waals surface area contributed by atoms with Gasteiger partial charge in [-0.15, -0.1) is 0 Å². The van der Waals surface area contributed by atoms with Crippen LogP contribution in [0.2, 0.25) is 0 Å². The molecule has 0 aliphatic carbocycles. The fraction of sp³-hybridized carbons (Fsp3) is 0.238. The summed E-state index contributed by atoms with van der Waals surface area (Å²) < 4.78 is 9.75. The Hall–Kier alpha value is -3.68. The van der Waals surface area contributed by atoms with Crippen molar-refractivity contribution in [2.24, 2.45) is 7.05 Å². The van der Waals surface area contributed by atoms with E-state index in [1.807, 2.05) is 36.0 Å². The van der Waals surface area contributed by atoms with Crippen molar-refractivity contribution in [3.63, 3.8) is 0 Å². The molecule has 0 aromatic carbocycles. The number of fused-ring (bicyclic) bond motifs is 1. The summed E-state index contributed by atoms with van der Waals surface area (Å²) in [6.07, 6.45) is 12.5. The van der Waals surface area contributed by atoms with E-state index >= 15 is 0 Å². The number of pyridine rings is 2. The van der Waals surface area contributed by atoms with Crippen molar-refractivity contribution in [1.82, 2.24) is 29.0 Å². The molecular weight excluding hydrogens is 368 g/mol. The summed E-state index contributed by atoms with van der Waals surface area (Å²) in [6, 6.07) is 4.09. The van der Waals surface area contributed by atoms with Crippen molar-refractivity contribution >= 4 is 11.4 Å². The highest BCUT2D eigenvalue weighted by Crippen LogP contribution is 2.30. The second-order valence-electron chi connectivity index (χ2n) is 7.31. The van der Waals surface area contributed by atoms with Gasteiger partial charge in [-0.2, -0.15) is 5.10 Å². The molecule has 4 aromatic rings. The van der Waals surface area contributed by atoms with Crippen molar-refractivity contribution < 1.29 is 9.53 Å². The first-order chi connectivity index (χ1) is 14.1. The fourth-order valence-corrected chi connectivity index (χ4v) is 3.57. The minimum Gasteiger partial charge on any atom is -0.485 e. The average molecular weight is 388 g/mol. The second-order valence-corrected chi connectivity index (χ2v) is 7.31. The van der Waals surface area contributed by atoms with E-state index in [0.717, 1.165) is 28.0 Å². The quantitative estimate of drug-likeness (QED) is 0.536. The van der Waals surface area contributed by atoms with E-state index in [1.54, 1.807) is 41.5 Å². The number of ether oxygens (including phenoxy) is 1. The van der Waals surface area contributed by atoms with Crippen LogP contribution in [-0.4, -0.2) is 54.1 Å². The van der Waals surface area contributed by atoms with E-state index in [1.165, 1.54) is 0 Å². The molecule has 0 saturated carbocycles. The Morgan fingerprint density at radius 2 is 1.97 bits per heavy atom. The Morgan fingerprint density at radius 1 is 1.10 bits per heavy atom. The van der Waals surface area contributed by atoms with E-state index in [4.69, 9.17) is 4.74 Å². The molecular formula is C21H20N6O2. The summed E-state index contributed by atoms with van der Waals surface area (Å²) in [5, 5.41) is 4.05. The summed E-state index contributed by atoms with van der Waals surface area (Å²) >= 11 is 0. The molecule has 8 nitrogen and oxygen atoms in total. The Morgan fingerprint density at radius 3 is 2.76 bits per heavy atom. The molecule has 5 heterocycles. The van der Waals surface area contributed by atoms with Gasteiger partial charge in [0.15, 0.2) is 0 Å². The highest BCUT2D eigenvalue weighted by Gasteiger charge is 2.33. The largest absolute Gasteiger partial charge is 0.485 e. The van der Waals surface area contributed by atoms with Gasteiger partial charge in [-0.25, -0.2) is 4.98 Å². The van der Waals surface area contributed by atoms with Gasteiger partial charge in [0.1, 0.15) is 11.9 Å². The van der Waals surface area contributed by atoms with E-state index in [-0.39, 0.29) is 12.0 Å². The normalized spacial score (nSPS) is 14.2. The van der Waals surface area contributed by atoms with E-state index in [2.05, 4.69) is 21.1 Å². The Bertz CT molecular complexity index is 1200. The van der Waals surface area contributed by atoms with Crippen LogP contribution in [0.4, 0.5) is 0 Å². The SMILES string of the molecule is Cc1c(OC2CN(C(=O)c3cnn(C)c3)C2)cncc1-c1ccc2cncn2c1. The number of amides is 1. The van der Waals surface area contributed by atoms with Crippen LogP contribution in [0.15, 0.2) is 55.6 Å². The molecule has 1 fully saturated rings. The number of carbonyl (C=O) groups excluding carboxylic acids is 1. The average Bonchev–Trinajstić information content (AvgIpc) is 3.33. The molecule has 29 heavy (non-hydrogen) atoms. The van der Waals surface area contributed by atoms with Gasteiger partial charge in [0, 0.05) is 42.3 Å². The number of carbonyl (C=O) groups is 1. The maximum absolute atomic E-state index is 12.4. The first kappa shape index (κ1) is 17.4. The molecule has 0 N–H and O–H groups in total. The van der Waals surface area contributed by atoms with Gasteiger partial charge in [0.25, 0.3) is 5.91 Å². The Kier molecular flexibility index (Phi) is 4.04. The number of nitrogens with zero attached hydrogens (tertiary/aromatic N) is 6. The lowest BCUT2D eigenvalue weighted by atomic mass is 10.0. The minimum atomic E-state index is -0.0394. The highest BCUT2D eigenvalue weighted by molar-refractivity contribution is 5.94. The number of hydrogen-bond donors (Lipinski definition) is 0. The summed E-state index contributed by atoms with van der Waals surface area (Å²) in [6.45, 7) is 3.14. The third-order valence-electron chi connectivity index (χ3n) is 5.27. The first-order valence-electron chi connectivity index (χ1n) is 9.40. The topological polar surface area (TPSA) is 77.5 Å². The van der Waals surface area contributed by atoms with Gasteiger partial charge in [0.05, 0.1) is 49.1 Å². The van der Waals surface area contributed by atoms with Gasteiger partial charge in [-0.1, -0.05) is 6.07 Å². The van der Waals surface area contributed by atoms with Crippen LogP contribution < -0.4 is 4.74 Å². The van der Waals surface area contributed by atoms with Crippen molar-refractivity contribution in [3.05, 3.63) is 66.8 Å². The number of hydrogen-bond acceptors (Lipinski definition) is 5. The number of imidazole rings is 1. The number of aromatic nitrogens is 5. The number of likely N-dealkylation sites (tertiary alicyclic amines) is 1. The molecule has 0 atom stereocenters. The molecule has 0 unspecified atom stereocenters. The smallest absolute Gasteiger partial charge is 0.257 e. The molecule has 8 heteroatoms. The molecule has 1 aliphatic rings. The molecule has 0 bridgehead atoms. The third kappa shape index (κ3) is 3.12. The number of aryl methyl sites for hydroxylation is 1. The van der Waals surface area contributed by atoms with E-state index < -0.39 is 0 Å². The summed E-state index contributed by atoms with van der Waals surface area (Å²) in [5.41, 5.74) is 4.73. The molecule has 1 saturated heterocycles. The molecule has 0 radical (unpaired) electrons. The molecule has 4 aromatic heterocycles. The van der Waals surface area contributed by atoms with Crippen molar-refractivity contribution in [3.8, 4) is 16.9 Å². The van der Waals surface area contributed by atoms with Gasteiger partial charge < -0.3 is 14.0 Å². The molecule has 146 valence electrons. The summed E-state index contributed by atoms with van der Waals surface area (Å²) in [4.78, 5) is 22.7. The van der Waals surface area contributed by atoms with Crippen LogP contribution in [0.3, 0.4) is 0 Å². The monoisotopic (exact) mass is 388 g/mol. The predicted octanol–water partition coefficient (Wildman–Crippen LogP) is 2.34. The summed E-state index contributed by atoms with van der Waals surface area (Å²) in [5.74, 6) is 0.724. The minimum absolute atomic E-state index is 0.0183. The molecule has 0 spiro atoms. The van der Waals surface area contributed by atoms with Crippen LogP contribution in [0.1, 0.15) is 15.9 Å². The Balaban J connectivity index is 1.30. The van der Waals surface area contributed by atoms with Crippen molar-refractivity contribution in [2.75, 3.05) is 13.1 Å². The maximum Gasteiger partial charge on any atom is 0.257 e. The zero-order valence-corrected chi connectivity index (χ0v) is 16.2. The molecule has 1 aliphatic heterocycles. The van der Waals surface area contributed by atoms with Crippen LogP contribution in [-0.2, 0) is 7.05 Å². The maximum atomic E-state index is 12.4. The van der Waals surface area contributed by atoms with Crippen molar-refractivity contribution in [2.45, 2.75) is 13.0 Å². The fourth-order valence-electron chi connectivity index (χ4n) is 3.57. The van der Waals surface area contributed by atoms with Gasteiger partial charge in [-0.05, 0) is 13.0 Å². The predicted molar refractivity (Wildman–Crippen MR) is 107 cm³/mol. The van der Waals surface area contributed by atoms with Crippen molar-refractivity contribution in [1.29, 1.82) is 0 Å². The Labute approximate surface area is 167 Å². The lowest BCUT2D eigenvalue weighted by Crippen LogP contribution is -2.56.